The largest absolute Gasteiger partial charge is 0.493 e. The lowest BCUT2D eigenvalue weighted by Gasteiger charge is -2.25. The van der Waals surface area contributed by atoms with Gasteiger partial charge < -0.3 is 14.8 Å². The first-order chi connectivity index (χ1) is 16.1. The number of carbonyl (C=O) groups is 1. The molecule has 7 nitrogen and oxygen atoms in total. The molecule has 0 aliphatic rings. The predicted molar refractivity (Wildman–Crippen MR) is 128 cm³/mol. The predicted octanol–water partition coefficient (Wildman–Crippen LogP) is 4.22. The van der Waals surface area contributed by atoms with Crippen LogP contribution in [0.15, 0.2) is 71.6 Å². The second kappa shape index (κ2) is 10.6. The minimum atomic E-state index is -4.14. The van der Waals surface area contributed by atoms with E-state index in [4.69, 9.17) is 9.47 Å². The first kappa shape index (κ1) is 25.0. The Labute approximate surface area is 199 Å². The summed E-state index contributed by atoms with van der Waals surface area (Å²) in [5.41, 5.74) is 1.98. The van der Waals surface area contributed by atoms with Crippen molar-refractivity contribution in [1.82, 2.24) is 5.32 Å². The second-order valence-electron chi connectivity index (χ2n) is 7.70. The van der Waals surface area contributed by atoms with Gasteiger partial charge in [0.25, 0.3) is 10.0 Å². The third-order valence-corrected chi connectivity index (χ3v) is 7.07. The fraction of sp³-hybridized carbons (Fsp3) is 0.240. The molecule has 3 rings (SSSR count). The molecule has 3 aromatic carbocycles. The van der Waals surface area contributed by atoms with Crippen molar-refractivity contribution in [1.29, 1.82) is 0 Å². The molecule has 1 atom stereocenters. The molecule has 0 aliphatic carbocycles. The van der Waals surface area contributed by atoms with Crippen LogP contribution in [0.4, 0.5) is 10.1 Å². The molecule has 0 bridgehead atoms. The maximum Gasteiger partial charge on any atom is 0.264 e. The van der Waals surface area contributed by atoms with E-state index in [1.165, 1.54) is 44.6 Å². The average Bonchev–Trinajstić information content (AvgIpc) is 2.83. The van der Waals surface area contributed by atoms with Crippen molar-refractivity contribution in [3.63, 3.8) is 0 Å². The van der Waals surface area contributed by atoms with Gasteiger partial charge in [-0.15, -0.1) is 0 Å². The van der Waals surface area contributed by atoms with Crippen LogP contribution >= 0.6 is 0 Å². The van der Waals surface area contributed by atoms with Crippen molar-refractivity contribution in [2.24, 2.45) is 0 Å². The lowest BCUT2D eigenvalue weighted by atomic mass is 10.1. The Kier molecular flexibility index (Phi) is 7.78. The monoisotopic (exact) mass is 486 g/mol. The number of sulfonamides is 1. The molecule has 0 saturated heterocycles. The molecule has 0 saturated carbocycles. The number of nitrogens with one attached hydrogen (secondary N) is 1. The third kappa shape index (κ3) is 5.66. The zero-order valence-electron chi connectivity index (χ0n) is 19.4. The summed E-state index contributed by atoms with van der Waals surface area (Å²) in [4.78, 5) is 12.9. The van der Waals surface area contributed by atoms with Gasteiger partial charge in [0.15, 0.2) is 11.5 Å². The molecule has 0 aliphatic heterocycles. The zero-order valence-corrected chi connectivity index (χ0v) is 20.2. The number of carbonyl (C=O) groups excluding carboxylic acids is 1. The summed E-state index contributed by atoms with van der Waals surface area (Å²) in [6.07, 6.45) is 0. The molecular formula is C25H27FN2O5S. The number of hydrogen-bond donors (Lipinski definition) is 1. The molecule has 1 N–H and O–H groups in total. The van der Waals surface area contributed by atoms with Gasteiger partial charge in [-0.2, -0.15) is 0 Å². The van der Waals surface area contributed by atoms with Crippen LogP contribution in [-0.4, -0.2) is 35.1 Å². The van der Waals surface area contributed by atoms with Gasteiger partial charge in [-0.1, -0.05) is 29.8 Å². The standard InChI is InChI=1S/C25H27FN2O5S/c1-17-5-11-21(12-6-17)28(16-25(29)27-18(2)19-7-9-20(26)10-8-19)34(30,31)22-13-14-23(32-3)24(15-22)33-4/h5-15,18H,16H2,1-4H3,(H,27,29)/t18-/m1/s1. The first-order valence-corrected chi connectivity index (χ1v) is 12.0. The Morgan fingerprint density at radius 1 is 0.971 bits per heavy atom. The van der Waals surface area contributed by atoms with E-state index in [1.807, 2.05) is 6.92 Å². The van der Waals surface area contributed by atoms with E-state index in [9.17, 15) is 17.6 Å². The van der Waals surface area contributed by atoms with Crippen LogP contribution in [0.5, 0.6) is 11.5 Å². The van der Waals surface area contributed by atoms with E-state index in [0.29, 0.717) is 17.0 Å². The van der Waals surface area contributed by atoms with Gasteiger partial charge in [0.05, 0.1) is 30.8 Å². The maximum absolute atomic E-state index is 13.6. The fourth-order valence-corrected chi connectivity index (χ4v) is 4.82. The lowest BCUT2D eigenvalue weighted by molar-refractivity contribution is -0.120. The molecule has 0 aromatic heterocycles. The summed E-state index contributed by atoms with van der Waals surface area (Å²) >= 11 is 0. The van der Waals surface area contributed by atoms with Gasteiger partial charge in [0.1, 0.15) is 12.4 Å². The molecule has 9 heteroatoms. The topological polar surface area (TPSA) is 84.9 Å². The smallest absolute Gasteiger partial charge is 0.264 e. The number of halogens is 1. The van der Waals surface area contributed by atoms with E-state index in [1.54, 1.807) is 43.3 Å². The van der Waals surface area contributed by atoms with Crippen molar-refractivity contribution in [2.45, 2.75) is 24.8 Å². The van der Waals surface area contributed by atoms with E-state index >= 15 is 0 Å². The number of benzene rings is 3. The molecule has 0 radical (unpaired) electrons. The van der Waals surface area contributed by atoms with E-state index in [0.717, 1.165) is 9.87 Å². The minimum absolute atomic E-state index is 0.0508. The molecule has 0 fully saturated rings. The summed E-state index contributed by atoms with van der Waals surface area (Å²) in [6, 6.07) is 16.4. The molecule has 0 heterocycles. The number of anilines is 1. The molecule has 1 amide bonds. The Morgan fingerprint density at radius 2 is 1.59 bits per heavy atom. The number of nitrogens with zero attached hydrogens (tertiary/aromatic N) is 1. The van der Waals surface area contributed by atoms with Gasteiger partial charge in [-0.25, -0.2) is 12.8 Å². The van der Waals surface area contributed by atoms with Crippen LogP contribution in [0, 0.1) is 12.7 Å². The Balaban J connectivity index is 1.93. The molecule has 0 spiro atoms. The zero-order chi connectivity index (χ0) is 24.9. The number of methoxy groups -OCH3 is 2. The van der Waals surface area contributed by atoms with Crippen molar-refractivity contribution in [3.8, 4) is 11.5 Å². The average molecular weight is 487 g/mol. The van der Waals surface area contributed by atoms with Crippen LogP contribution in [0.3, 0.4) is 0 Å². The number of ether oxygens (including phenoxy) is 2. The molecule has 180 valence electrons. The van der Waals surface area contributed by atoms with Crippen LogP contribution in [0.25, 0.3) is 0 Å². The van der Waals surface area contributed by atoms with E-state index in [2.05, 4.69) is 5.32 Å². The maximum atomic E-state index is 13.6. The van der Waals surface area contributed by atoms with Gasteiger partial charge in [0, 0.05) is 6.07 Å². The van der Waals surface area contributed by atoms with Crippen LogP contribution in [0.2, 0.25) is 0 Å². The highest BCUT2D eigenvalue weighted by Crippen LogP contribution is 2.32. The molecule has 3 aromatic rings. The lowest BCUT2D eigenvalue weighted by Crippen LogP contribution is -2.41. The van der Waals surface area contributed by atoms with Crippen LogP contribution in [-0.2, 0) is 14.8 Å². The van der Waals surface area contributed by atoms with Gasteiger partial charge in [-0.3, -0.25) is 9.10 Å². The van der Waals surface area contributed by atoms with Crippen LogP contribution < -0.4 is 19.1 Å². The van der Waals surface area contributed by atoms with Crippen molar-refractivity contribution < 1.29 is 27.1 Å². The molecular weight excluding hydrogens is 459 g/mol. The highest BCUT2D eigenvalue weighted by Gasteiger charge is 2.29. The number of amides is 1. The number of hydrogen-bond acceptors (Lipinski definition) is 5. The summed E-state index contributed by atoms with van der Waals surface area (Å²) in [5.74, 6) is -0.258. The van der Waals surface area contributed by atoms with E-state index in [-0.39, 0.29) is 16.5 Å². The van der Waals surface area contributed by atoms with Gasteiger partial charge in [0.2, 0.25) is 5.91 Å². The quantitative estimate of drug-likeness (QED) is 0.490. The van der Waals surface area contributed by atoms with Crippen molar-refractivity contribution in [2.75, 3.05) is 25.1 Å². The van der Waals surface area contributed by atoms with Crippen LogP contribution in [0.1, 0.15) is 24.1 Å². The normalized spacial score (nSPS) is 12.0. The Hall–Kier alpha value is -3.59. The first-order valence-electron chi connectivity index (χ1n) is 10.5. The second-order valence-corrected chi connectivity index (χ2v) is 9.57. The summed E-state index contributed by atoms with van der Waals surface area (Å²) < 4.78 is 52.0. The summed E-state index contributed by atoms with van der Waals surface area (Å²) in [7, 11) is -1.27. The molecule has 34 heavy (non-hydrogen) atoms. The fourth-order valence-electron chi connectivity index (χ4n) is 3.38. The Morgan fingerprint density at radius 3 is 2.18 bits per heavy atom. The number of rotatable bonds is 9. The minimum Gasteiger partial charge on any atom is -0.493 e. The number of aryl methyl sites for hydroxylation is 1. The van der Waals surface area contributed by atoms with Gasteiger partial charge in [-0.05, 0) is 55.8 Å². The highest BCUT2D eigenvalue weighted by molar-refractivity contribution is 7.92. The SMILES string of the molecule is COc1ccc(S(=O)(=O)N(CC(=O)N[C@H](C)c2ccc(F)cc2)c2ccc(C)cc2)cc1OC. The van der Waals surface area contributed by atoms with Crippen molar-refractivity contribution in [3.05, 3.63) is 83.7 Å². The summed E-state index contributed by atoms with van der Waals surface area (Å²) in [5, 5.41) is 2.78. The van der Waals surface area contributed by atoms with Crippen molar-refractivity contribution >= 4 is 21.6 Å². The highest BCUT2D eigenvalue weighted by atomic mass is 32.2. The molecule has 0 unspecified atom stereocenters. The van der Waals surface area contributed by atoms with Gasteiger partial charge >= 0.3 is 0 Å². The van der Waals surface area contributed by atoms with E-state index < -0.39 is 28.5 Å². The Bertz CT molecular complexity index is 1250. The summed E-state index contributed by atoms with van der Waals surface area (Å²) in [6.45, 7) is 3.17. The third-order valence-electron chi connectivity index (χ3n) is 5.30.